The topological polar surface area (TPSA) is 80.3 Å². The number of aryl methyl sites for hydroxylation is 1. The molecule has 0 spiro atoms. The maximum absolute atomic E-state index is 14.2. The quantitative estimate of drug-likeness (QED) is 0.434. The van der Waals surface area contributed by atoms with E-state index in [1.165, 1.54) is 24.3 Å². The van der Waals surface area contributed by atoms with Crippen molar-refractivity contribution in [1.82, 2.24) is 10.3 Å². The lowest BCUT2D eigenvalue weighted by Crippen LogP contribution is -2.69. The second-order valence-corrected chi connectivity index (χ2v) is 7.74. The lowest BCUT2D eigenvalue weighted by molar-refractivity contribution is -0.203. The van der Waals surface area contributed by atoms with Gasteiger partial charge in [-0.1, -0.05) is 41.1 Å². The number of nitrogens with zero attached hydrogens (tertiary/aromatic N) is 1. The Kier molecular flexibility index (Phi) is 5.91. The first kappa shape index (κ1) is 21.8. The Bertz CT molecular complexity index is 1120. The molecule has 1 amide bonds. The summed E-state index contributed by atoms with van der Waals surface area (Å²) in [4.78, 5) is 29.0. The molecule has 0 aliphatic heterocycles. The van der Waals surface area contributed by atoms with E-state index in [0.29, 0.717) is 10.2 Å². The van der Waals surface area contributed by atoms with Crippen LogP contribution in [0.2, 0.25) is 5.02 Å². The predicted octanol–water partition coefficient (Wildman–Crippen LogP) is 4.53. The number of ether oxygens (including phenoxy) is 1. The van der Waals surface area contributed by atoms with E-state index in [1.54, 1.807) is 30.4 Å². The van der Waals surface area contributed by atoms with Crippen molar-refractivity contribution in [3.8, 4) is 0 Å². The fourth-order valence-electron chi connectivity index (χ4n) is 2.72. The number of rotatable bonds is 5. The Hall–Kier alpha value is -2.85. The monoisotopic (exact) mass is 457 g/mol. The van der Waals surface area contributed by atoms with Crippen LogP contribution in [0.25, 0.3) is 10.2 Å². The number of amides is 1. The van der Waals surface area contributed by atoms with Gasteiger partial charge in [-0.15, -0.1) is 0 Å². The number of esters is 1. The van der Waals surface area contributed by atoms with Crippen molar-refractivity contribution in [3.63, 3.8) is 0 Å². The number of carbonyl (C=O) groups excluding carboxylic acids is 2. The summed E-state index contributed by atoms with van der Waals surface area (Å²) in [7, 11) is 0.790. The van der Waals surface area contributed by atoms with Gasteiger partial charge in [0.15, 0.2) is 5.13 Å². The molecule has 0 aliphatic carbocycles. The highest BCUT2D eigenvalue weighted by molar-refractivity contribution is 7.22. The van der Waals surface area contributed by atoms with Gasteiger partial charge in [-0.2, -0.15) is 13.2 Å². The summed E-state index contributed by atoms with van der Waals surface area (Å²) in [6.45, 7) is 1.75. The first-order chi connectivity index (χ1) is 14.1. The maximum atomic E-state index is 14.2. The van der Waals surface area contributed by atoms with Crippen molar-refractivity contribution in [3.05, 3.63) is 58.6 Å². The fourth-order valence-corrected chi connectivity index (χ4v) is 3.91. The lowest BCUT2D eigenvalue weighted by atomic mass is 10.1. The average molecular weight is 458 g/mol. The van der Waals surface area contributed by atoms with Crippen LogP contribution in [0.15, 0.2) is 42.5 Å². The molecule has 0 aliphatic rings. The molecule has 1 unspecified atom stereocenters. The minimum absolute atomic E-state index is 0.146. The molecule has 1 aromatic heterocycles. The van der Waals surface area contributed by atoms with Crippen LogP contribution in [0.3, 0.4) is 0 Å². The van der Waals surface area contributed by atoms with Crippen LogP contribution < -0.4 is 10.6 Å². The number of thiazole rings is 1. The van der Waals surface area contributed by atoms with Crippen LogP contribution in [-0.4, -0.2) is 35.8 Å². The fraction of sp³-hybridized carbons (Fsp3) is 0.211. The molecule has 0 radical (unpaired) electrons. The summed E-state index contributed by atoms with van der Waals surface area (Å²) in [5.74, 6) is -2.92. The molecule has 1 heterocycles. The third kappa shape index (κ3) is 4.05. The summed E-state index contributed by atoms with van der Waals surface area (Å²) in [6.07, 6.45) is -5.26. The molecular weight excluding hydrogens is 443 g/mol. The maximum Gasteiger partial charge on any atom is 0.442 e. The van der Waals surface area contributed by atoms with Crippen LogP contribution >= 0.6 is 22.9 Å². The molecule has 3 aromatic rings. The van der Waals surface area contributed by atoms with E-state index < -0.39 is 23.7 Å². The minimum atomic E-state index is -5.26. The summed E-state index contributed by atoms with van der Waals surface area (Å²) in [5.41, 5.74) is -2.51. The van der Waals surface area contributed by atoms with Crippen molar-refractivity contribution in [1.29, 1.82) is 0 Å². The van der Waals surface area contributed by atoms with Crippen molar-refractivity contribution in [2.75, 3.05) is 12.4 Å². The normalized spacial score (nSPS) is 13.5. The van der Waals surface area contributed by atoms with E-state index in [4.69, 9.17) is 11.6 Å². The van der Waals surface area contributed by atoms with Crippen LogP contribution in [0, 0.1) is 6.92 Å². The number of benzene rings is 2. The standard InChI is InChI=1S/C19H15ClF3N3O3S/c1-10-5-3-8-13-14(10)24-17(30-13)26-18(16(28)29-2,19(21,22)23)25-15(27)11-6-4-7-12(20)9-11/h3-9H,1-2H3,(H,24,26)(H,25,27). The summed E-state index contributed by atoms with van der Waals surface area (Å²) in [5, 5.41) is 3.72. The molecule has 2 N–H and O–H groups in total. The van der Waals surface area contributed by atoms with Gasteiger partial charge in [-0.3, -0.25) is 4.79 Å². The van der Waals surface area contributed by atoms with Gasteiger partial charge < -0.3 is 15.4 Å². The van der Waals surface area contributed by atoms with Crippen molar-refractivity contribution in [2.24, 2.45) is 0 Å². The number of nitrogens with one attached hydrogen (secondary N) is 2. The molecule has 2 aromatic carbocycles. The number of para-hydroxylation sites is 1. The Morgan fingerprint density at radius 2 is 1.87 bits per heavy atom. The second-order valence-electron chi connectivity index (χ2n) is 6.27. The smallest absolute Gasteiger partial charge is 0.442 e. The van der Waals surface area contributed by atoms with Gasteiger partial charge in [0.25, 0.3) is 5.91 Å². The highest BCUT2D eigenvalue weighted by Gasteiger charge is 2.64. The van der Waals surface area contributed by atoms with Gasteiger partial charge >= 0.3 is 17.8 Å². The van der Waals surface area contributed by atoms with Crippen LogP contribution in [0.1, 0.15) is 15.9 Å². The molecule has 6 nitrogen and oxygen atoms in total. The van der Waals surface area contributed by atoms with Crippen molar-refractivity contribution < 1.29 is 27.5 Å². The van der Waals surface area contributed by atoms with Gasteiger partial charge in [-0.05, 0) is 36.8 Å². The van der Waals surface area contributed by atoms with E-state index in [2.05, 4.69) is 15.0 Å². The number of methoxy groups -OCH3 is 1. The molecule has 0 saturated carbocycles. The molecule has 3 rings (SSSR count). The summed E-state index contributed by atoms with van der Waals surface area (Å²) >= 11 is 6.72. The number of hydrogen-bond donors (Lipinski definition) is 2. The number of aromatic nitrogens is 1. The van der Waals surface area contributed by atoms with Crippen LogP contribution in [-0.2, 0) is 9.53 Å². The highest BCUT2D eigenvalue weighted by Crippen LogP contribution is 2.36. The van der Waals surface area contributed by atoms with E-state index in [-0.39, 0.29) is 15.7 Å². The Balaban J connectivity index is 2.07. The van der Waals surface area contributed by atoms with Crippen LogP contribution in [0.4, 0.5) is 18.3 Å². The van der Waals surface area contributed by atoms with Gasteiger partial charge in [0.05, 0.1) is 17.3 Å². The van der Waals surface area contributed by atoms with Gasteiger partial charge in [-0.25, -0.2) is 9.78 Å². The lowest BCUT2D eigenvalue weighted by Gasteiger charge is -2.34. The molecular formula is C19H15ClF3N3O3S. The number of hydrogen-bond acceptors (Lipinski definition) is 6. The van der Waals surface area contributed by atoms with E-state index in [0.717, 1.165) is 24.0 Å². The minimum Gasteiger partial charge on any atom is -0.466 e. The third-order valence-corrected chi connectivity index (χ3v) is 5.39. The zero-order valence-electron chi connectivity index (χ0n) is 15.6. The SMILES string of the molecule is COC(=O)C(NC(=O)c1cccc(Cl)c1)(Nc1nc2c(C)cccc2s1)C(F)(F)F. The van der Waals surface area contributed by atoms with E-state index in [1.807, 2.05) is 0 Å². The van der Waals surface area contributed by atoms with Gasteiger partial charge in [0.1, 0.15) is 0 Å². The molecule has 158 valence electrons. The molecule has 30 heavy (non-hydrogen) atoms. The molecule has 0 fully saturated rings. The molecule has 1 atom stereocenters. The third-order valence-electron chi connectivity index (χ3n) is 4.22. The first-order valence-electron chi connectivity index (χ1n) is 8.45. The molecule has 0 bridgehead atoms. The van der Waals surface area contributed by atoms with E-state index in [9.17, 15) is 22.8 Å². The number of halogens is 4. The second kappa shape index (κ2) is 8.11. The molecule has 0 saturated heterocycles. The Morgan fingerprint density at radius 3 is 2.47 bits per heavy atom. The summed E-state index contributed by atoms with van der Waals surface area (Å²) in [6, 6.07) is 10.5. The van der Waals surface area contributed by atoms with Gasteiger partial charge in [0.2, 0.25) is 0 Å². The van der Waals surface area contributed by atoms with Crippen molar-refractivity contribution >= 4 is 50.2 Å². The largest absolute Gasteiger partial charge is 0.466 e. The first-order valence-corrected chi connectivity index (χ1v) is 9.64. The van der Waals surface area contributed by atoms with E-state index >= 15 is 0 Å². The highest BCUT2D eigenvalue weighted by atomic mass is 35.5. The Morgan fingerprint density at radius 1 is 1.17 bits per heavy atom. The number of anilines is 1. The number of alkyl halides is 3. The van der Waals surface area contributed by atoms with Crippen LogP contribution in [0.5, 0.6) is 0 Å². The summed E-state index contributed by atoms with van der Waals surface area (Å²) < 4.78 is 47.5. The molecule has 11 heteroatoms. The zero-order chi connectivity index (χ0) is 22.1. The number of carbonyl (C=O) groups is 2. The Labute approximate surface area is 178 Å². The zero-order valence-corrected chi connectivity index (χ0v) is 17.2. The predicted molar refractivity (Wildman–Crippen MR) is 108 cm³/mol. The average Bonchev–Trinajstić information content (AvgIpc) is 3.09. The number of fused-ring (bicyclic) bond motifs is 1. The van der Waals surface area contributed by atoms with Gasteiger partial charge in [0, 0.05) is 10.6 Å². The van der Waals surface area contributed by atoms with Crippen molar-refractivity contribution in [2.45, 2.75) is 18.8 Å².